The molecule has 0 aliphatic rings. The number of aliphatic hydroxyl groups is 1. The number of phenolic OH excluding ortho intramolecular Hbond substituents is 2. The smallest absolute Gasteiger partial charge is 0.259 e. The van der Waals surface area contributed by atoms with E-state index in [-0.39, 0.29) is 29.7 Å². The minimum absolute atomic E-state index is 0.172. The summed E-state index contributed by atoms with van der Waals surface area (Å²) >= 11 is 0. The number of aliphatic hydroxyl groups excluding tert-OH is 1. The topological polar surface area (TPSA) is 89.8 Å². The van der Waals surface area contributed by atoms with Crippen molar-refractivity contribution >= 4 is 5.91 Å². The van der Waals surface area contributed by atoms with Crippen LogP contribution >= 0.6 is 0 Å². The molecule has 16 heavy (non-hydrogen) atoms. The van der Waals surface area contributed by atoms with E-state index in [1.807, 2.05) is 6.92 Å². The number of nitrogens with one attached hydrogen (secondary N) is 1. The minimum atomic E-state index is -0.600. The molecule has 0 saturated carbocycles. The summed E-state index contributed by atoms with van der Waals surface area (Å²) in [5.74, 6) is -1.17. The summed E-state index contributed by atoms with van der Waals surface area (Å²) < 4.78 is 0. The Bertz CT molecular complexity index is 354. The van der Waals surface area contributed by atoms with Crippen molar-refractivity contribution in [1.82, 2.24) is 5.32 Å². The molecule has 0 aliphatic carbocycles. The number of hydrogen-bond donors (Lipinski definition) is 4. The normalized spacial score (nSPS) is 12.1. The molecule has 5 nitrogen and oxygen atoms in total. The third kappa shape index (κ3) is 2.64. The number of benzene rings is 1. The van der Waals surface area contributed by atoms with Gasteiger partial charge in [-0.1, -0.05) is 13.0 Å². The van der Waals surface area contributed by atoms with Crippen LogP contribution in [0.25, 0.3) is 0 Å². The average Bonchev–Trinajstić information content (AvgIpc) is 2.25. The summed E-state index contributed by atoms with van der Waals surface area (Å²) in [5, 5.41) is 30.3. The minimum Gasteiger partial charge on any atom is -0.507 e. The number of carbonyl (C=O) groups excluding carboxylic acids is 1. The van der Waals surface area contributed by atoms with Crippen molar-refractivity contribution in [3.63, 3.8) is 0 Å². The Morgan fingerprint density at radius 2 is 1.94 bits per heavy atom. The first-order valence-corrected chi connectivity index (χ1v) is 5.02. The van der Waals surface area contributed by atoms with E-state index in [9.17, 15) is 15.0 Å². The van der Waals surface area contributed by atoms with Crippen LogP contribution in [0, 0.1) is 0 Å². The van der Waals surface area contributed by atoms with Crippen molar-refractivity contribution in [2.75, 3.05) is 6.61 Å². The number of hydrogen-bond acceptors (Lipinski definition) is 4. The van der Waals surface area contributed by atoms with E-state index in [0.29, 0.717) is 6.42 Å². The second-order valence-electron chi connectivity index (χ2n) is 3.43. The predicted molar refractivity (Wildman–Crippen MR) is 58.4 cm³/mol. The molecular formula is C11H15NO4. The second kappa shape index (κ2) is 5.37. The van der Waals surface area contributed by atoms with Crippen LogP contribution in [0.1, 0.15) is 23.7 Å². The maximum atomic E-state index is 11.7. The van der Waals surface area contributed by atoms with Crippen molar-refractivity contribution in [2.24, 2.45) is 0 Å². The zero-order chi connectivity index (χ0) is 12.1. The van der Waals surface area contributed by atoms with Gasteiger partial charge in [0.1, 0.15) is 17.1 Å². The highest BCUT2D eigenvalue weighted by atomic mass is 16.3. The molecule has 88 valence electrons. The molecule has 1 aromatic rings. The molecule has 0 bridgehead atoms. The first kappa shape index (κ1) is 12.3. The van der Waals surface area contributed by atoms with Gasteiger partial charge in [0.15, 0.2) is 0 Å². The average molecular weight is 225 g/mol. The standard InChI is InChI=1S/C11H15NO4/c1-2-7(6-13)12-11(16)10-8(14)4-3-5-9(10)15/h3-5,7,13-15H,2,6H2,1H3,(H,12,16). The molecule has 0 heterocycles. The van der Waals surface area contributed by atoms with Gasteiger partial charge in [-0.05, 0) is 18.6 Å². The van der Waals surface area contributed by atoms with Crippen LogP contribution in [-0.4, -0.2) is 33.9 Å². The van der Waals surface area contributed by atoms with Gasteiger partial charge in [-0.15, -0.1) is 0 Å². The Morgan fingerprint density at radius 1 is 1.38 bits per heavy atom. The van der Waals surface area contributed by atoms with Crippen LogP contribution < -0.4 is 5.32 Å². The fraction of sp³-hybridized carbons (Fsp3) is 0.364. The van der Waals surface area contributed by atoms with Crippen LogP contribution in [0.3, 0.4) is 0 Å². The molecule has 0 spiro atoms. The molecule has 1 rings (SSSR count). The van der Waals surface area contributed by atoms with Gasteiger partial charge in [-0.25, -0.2) is 0 Å². The predicted octanol–water partition coefficient (Wildman–Crippen LogP) is 0.599. The lowest BCUT2D eigenvalue weighted by atomic mass is 10.1. The van der Waals surface area contributed by atoms with Crippen molar-refractivity contribution in [2.45, 2.75) is 19.4 Å². The molecule has 4 N–H and O–H groups in total. The summed E-state index contributed by atoms with van der Waals surface area (Å²) in [6.07, 6.45) is 0.566. The molecule has 5 heteroatoms. The SMILES string of the molecule is CCC(CO)NC(=O)c1c(O)cccc1O. The Labute approximate surface area is 93.4 Å². The lowest BCUT2D eigenvalue weighted by Crippen LogP contribution is -2.36. The number of carbonyl (C=O) groups is 1. The molecule has 0 radical (unpaired) electrons. The molecule has 0 aliphatic heterocycles. The zero-order valence-electron chi connectivity index (χ0n) is 8.97. The number of phenols is 2. The van der Waals surface area contributed by atoms with Gasteiger partial charge >= 0.3 is 0 Å². The molecular weight excluding hydrogens is 210 g/mol. The van der Waals surface area contributed by atoms with E-state index in [2.05, 4.69) is 5.32 Å². The quantitative estimate of drug-likeness (QED) is 0.604. The molecule has 1 unspecified atom stereocenters. The number of aromatic hydroxyl groups is 2. The van der Waals surface area contributed by atoms with Gasteiger partial charge in [-0.2, -0.15) is 0 Å². The van der Waals surface area contributed by atoms with Gasteiger partial charge in [0, 0.05) is 0 Å². The van der Waals surface area contributed by atoms with Crippen LogP contribution in [0.2, 0.25) is 0 Å². The Kier molecular flexibility index (Phi) is 4.13. The highest BCUT2D eigenvalue weighted by Gasteiger charge is 2.18. The zero-order valence-corrected chi connectivity index (χ0v) is 8.97. The van der Waals surface area contributed by atoms with Gasteiger partial charge in [0.25, 0.3) is 5.91 Å². The third-order valence-electron chi connectivity index (χ3n) is 2.30. The molecule has 1 atom stereocenters. The summed E-state index contributed by atoms with van der Waals surface area (Å²) in [6, 6.07) is 3.68. The summed E-state index contributed by atoms with van der Waals surface area (Å²) in [7, 11) is 0. The highest BCUT2D eigenvalue weighted by molar-refractivity contribution is 5.99. The number of rotatable bonds is 4. The maximum Gasteiger partial charge on any atom is 0.259 e. The Hall–Kier alpha value is -1.75. The summed E-state index contributed by atoms with van der Waals surface area (Å²) in [4.78, 5) is 11.7. The van der Waals surface area contributed by atoms with Crippen LogP contribution in [-0.2, 0) is 0 Å². The molecule has 0 fully saturated rings. The highest BCUT2D eigenvalue weighted by Crippen LogP contribution is 2.25. The van der Waals surface area contributed by atoms with Crippen LogP contribution in [0.4, 0.5) is 0 Å². The van der Waals surface area contributed by atoms with Crippen LogP contribution in [0.5, 0.6) is 11.5 Å². The van der Waals surface area contributed by atoms with Crippen molar-refractivity contribution in [3.8, 4) is 11.5 Å². The van der Waals surface area contributed by atoms with E-state index >= 15 is 0 Å². The largest absolute Gasteiger partial charge is 0.507 e. The lowest BCUT2D eigenvalue weighted by Gasteiger charge is -2.15. The van der Waals surface area contributed by atoms with Gasteiger partial charge in [0.05, 0.1) is 12.6 Å². The second-order valence-corrected chi connectivity index (χ2v) is 3.43. The third-order valence-corrected chi connectivity index (χ3v) is 2.30. The van der Waals surface area contributed by atoms with E-state index in [1.54, 1.807) is 0 Å². The maximum absolute atomic E-state index is 11.7. The Balaban J connectivity index is 2.88. The first-order chi connectivity index (χ1) is 7.60. The fourth-order valence-corrected chi connectivity index (χ4v) is 1.30. The molecule has 0 aromatic heterocycles. The monoisotopic (exact) mass is 225 g/mol. The van der Waals surface area contributed by atoms with Crippen molar-refractivity contribution in [1.29, 1.82) is 0 Å². The van der Waals surface area contributed by atoms with Gasteiger partial charge in [-0.3, -0.25) is 4.79 Å². The number of amides is 1. The summed E-state index contributed by atoms with van der Waals surface area (Å²) in [5.41, 5.74) is -0.172. The summed E-state index contributed by atoms with van der Waals surface area (Å²) in [6.45, 7) is 1.63. The van der Waals surface area contributed by atoms with E-state index in [1.165, 1.54) is 18.2 Å². The van der Waals surface area contributed by atoms with E-state index in [4.69, 9.17) is 5.11 Å². The van der Waals surface area contributed by atoms with Crippen LogP contribution in [0.15, 0.2) is 18.2 Å². The van der Waals surface area contributed by atoms with Crippen molar-refractivity contribution in [3.05, 3.63) is 23.8 Å². The lowest BCUT2D eigenvalue weighted by molar-refractivity contribution is 0.0909. The van der Waals surface area contributed by atoms with E-state index < -0.39 is 5.91 Å². The fourth-order valence-electron chi connectivity index (χ4n) is 1.30. The van der Waals surface area contributed by atoms with Gasteiger partial charge < -0.3 is 20.6 Å². The van der Waals surface area contributed by atoms with Crippen molar-refractivity contribution < 1.29 is 20.1 Å². The molecule has 1 amide bonds. The van der Waals surface area contributed by atoms with Gasteiger partial charge in [0.2, 0.25) is 0 Å². The molecule has 0 saturated heterocycles. The molecule has 1 aromatic carbocycles. The van der Waals surface area contributed by atoms with E-state index in [0.717, 1.165) is 0 Å². The first-order valence-electron chi connectivity index (χ1n) is 5.02. The Morgan fingerprint density at radius 3 is 2.38 bits per heavy atom.